The van der Waals surface area contributed by atoms with E-state index >= 15 is 0 Å². The molecule has 354 valence electrons. The summed E-state index contributed by atoms with van der Waals surface area (Å²) < 4.78 is 10.3. The third-order valence-electron chi connectivity index (χ3n) is 13.1. The summed E-state index contributed by atoms with van der Waals surface area (Å²) >= 11 is 24.7. The van der Waals surface area contributed by atoms with E-state index in [-0.39, 0.29) is 0 Å². The zero-order chi connectivity index (χ0) is 46.0. The van der Waals surface area contributed by atoms with E-state index in [1.165, 1.54) is 187 Å². The number of hydrogen-bond acceptors (Lipinski definition) is 9. The number of rotatable bonds is 32. The monoisotopic (exact) mass is 1060 g/mol. The predicted molar refractivity (Wildman–Crippen MR) is 291 cm³/mol. The number of aromatic nitrogens is 4. The van der Waals surface area contributed by atoms with Crippen molar-refractivity contribution in [3.8, 4) is 31.6 Å². The highest BCUT2D eigenvalue weighted by molar-refractivity contribution is 9.10. The van der Waals surface area contributed by atoms with Crippen molar-refractivity contribution in [2.45, 2.75) is 195 Å². The molecule has 5 aromatic heterocycles. The van der Waals surface area contributed by atoms with Crippen molar-refractivity contribution >= 4 is 113 Å². The standard InChI is InChI=1S/C53H71BrCl2N4OS4/c1-5-9-13-17-19-23-27-36(25-21-15-11-7-3)31-42-39(55)33-44(63-42)48-49(45-34-40(56)43(64-45)32-37(26-22-16-12-8-4)28-24-20-18-14-10-6-2)58-52-47(54)53-51(59-65-60-53)46(50(52)57-48)41-30-29-38(35-61)62-41/h29-30,33-37H,5-28,31-32H2,1-4H3. The zero-order valence-electron chi connectivity index (χ0n) is 39.4. The summed E-state index contributed by atoms with van der Waals surface area (Å²) in [7, 11) is 0. The maximum Gasteiger partial charge on any atom is 0.160 e. The summed E-state index contributed by atoms with van der Waals surface area (Å²) in [6.07, 6.45) is 33.9. The van der Waals surface area contributed by atoms with E-state index in [2.05, 4.69) is 55.8 Å². The Labute approximate surface area is 424 Å². The van der Waals surface area contributed by atoms with Crippen molar-refractivity contribution in [2.24, 2.45) is 11.8 Å². The summed E-state index contributed by atoms with van der Waals surface area (Å²) in [6, 6.07) is 8.13. The molecule has 6 aromatic rings. The van der Waals surface area contributed by atoms with Gasteiger partial charge in [-0.25, -0.2) is 9.97 Å². The van der Waals surface area contributed by atoms with Crippen molar-refractivity contribution < 1.29 is 4.79 Å². The third kappa shape index (κ3) is 14.9. The lowest BCUT2D eigenvalue weighted by Gasteiger charge is -2.17. The minimum atomic E-state index is 0.605. The summed E-state index contributed by atoms with van der Waals surface area (Å²) in [5.74, 6) is 1.21. The van der Waals surface area contributed by atoms with E-state index in [1.54, 1.807) is 22.7 Å². The molecule has 0 saturated heterocycles. The van der Waals surface area contributed by atoms with Crippen LogP contribution in [0.5, 0.6) is 0 Å². The molecule has 5 nitrogen and oxygen atoms in total. The number of carbonyl (C=O) groups excluding carboxylic acids is 1. The number of thiophene rings is 3. The number of benzene rings is 1. The van der Waals surface area contributed by atoms with Crippen molar-refractivity contribution in [3.05, 3.63) is 53.4 Å². The van der Waals surface area contributed by atoms with Gasteiger partial charge in [0.2, 0.25) is 0 Å². The first-order chi connectivity index (χ1) is 31.8. The summed E-state index contributed by atoms with van der Waals surface area (Å²) in [5.41, 5.74) is 5.42. The van der Waals surface area contributed by atoms with Crippen LogP contribution in [0.4, 0.5) is 0 Å². The van der Waals surface area contributed by atoms with E-state index < -0.39 is 0 Å². The summed E-state index contributed by atoms with van der Waals surface area (Å²) in [4.78, 5) is 29.2. The average Bonchev–Trinajstić information content (AvgIpc) is 4.14. The maximum atomic E-state index is 11.9. The number of fused-ring (bicyclic) bond motifs is 2. The number of halogens is 3. The lowest BCUT2D eigenvalue weighted by molar-refractivity contribution is 0.112. The van der Waals surface area contributed by atoms with Gasteiger partial charge in [-0.3, -0.25) is 4.79 Å². The first kappa shape index (κ1) is 52.6. The largest absolute Gasteiger partial charge is 0.297 e. The Morgan fingerprint density at radius 2 is 0.969 bits per heavy atom. The molecule has 12 heteroatoms. The molecule has 0 fully saturated rings. The molecule has 5 heterocycles. The smallest absolute Gasteiger partial charge is 0.160 e. The Hall–Kier alpha value is -1.79. The van der Waals surface area contributed by atoms with Crippen LogP contribution in [-0.2, 0) is 12.8 Å². The van der Waals surface area contributed by atoms with Gasteiger partial charge in [-0.05, 0) is 64.9 Å². The van der Waals surface area contributed by atoms with Crippen LogP contribution in [0.2, 0.25) is 10.0 Å². The van der Waals surface area contributed by atoms with Crippen molar-refractivity contribution in [1.29, 1.82) is 0 Å². The molecule has 6 rings (SSSR count). The molecule has 0 aliphatic heterocycles. The third-order valence-corrected chi connectivity index (χ3v) is 18.6. The molecule has 65 heavy (non-hydrogen) atoms. The minimum Gasteiger partial charge on any atom is -0.297 e. The highest BCUT2D eigenvalue weighted by atomic mass is 79.9. The van der Waals surface area contributed by atoms with E-state index in [9.17, 15) is 4.79 Å². The molecule has 0 radical (unpaired) electrons. The number of nitrogens with zero attached hydrogens (tertiary/aromatic N) is 4. The van der Waals surface area contributed by atoms with Gasteiger partial charge in [-0.1, -0.05) is 205 Å². The lowest BCUT2D eigenvalue weighted by Crippen LogP contribution is -2.05. The second kappa shape index (κ2) is 28.0. The summed E-state index contributed by atoms with van der Waals surface area (Å²) in [5, 5.41) is 1.64. The van der Waals surface area contributed by atoms with Crippen molar-refractivity contribution in [2.75, 3.05) is 0 Å². The zero-order valence-corrected chi connectivity index (χ0v) is 45.8. The normalized spacial score (nSPS) is 12.8. The fraction of sp³-hybridized carbons (Fsp3) is 0.604. The van der Waals surface area contributed by atoms with Gasteiger partial charge in [0, 0.05) is 20.2 Å². The molecule has 0 aliphatic rings. The molecule has 2 unspecified atom stereocenters. The van der Waals surface area contributed by atoms with Gasteiger partial charge in [0.1, 0.15) is 33.5 Å². The molecule has 0 spiro atoms. The molecule has 1 aromatic carbocycles. The Kier molecular flexibility index (Phi) is 22.7. The topological polar surface area (TPSA) is 68.6 Å². The van der Waals surface area contributed by atoms with Gasteiger partial charge in [0.25, 0.3) is 0 Å². The number of carbonyl (C=O) groups is 1. The fourth-order valence-electron chi connectivity index (χ4n) is 9.30. The van der Waals surface area contributed by atoms with Crippen LogP contribution in [0.15, 0.2) is 28.7 Å². The first-order valence-corrected chi connectivity index (χ1v) is 29.8. The fourth-order valence-corrected chi connectivity index (χ4v) is 14.4. The number of aldehydes is 1. The summed E-state index contributed by atoms with van der Waals surface area (Å²) in [6.45, 7) is 9.16. The van der Waals surface area contributed by atoms with Gasteiger partial charge >= 0.3 is 0 Å². The predicted octanol–water partition coefficient (Wildman–Crippen LogP) is 20.5. The van der Waals surface area contributed by atoms with E-state index in [4.69, 9.17) is 41.9 Å². The van der Waals surface area contributed by atoms with Crippen LogP contribution in [0.3, 0.4) is 0 Å². The molecule has 0 saturated carbocycles. The quantitative estimate of drug-likeness (QED) is 0.0311. The maximum absolute atomic E-state index is 11.9. The highest BCUT2D eigenvalue weighted by Crippen LogP contribution is 2.48. The molecular weight excluding hydrogens is 988 g/mol. The van der Waals surface area contributed by atoms with Crippen molar-refractivity contribution in [3.63, 3.8) is 0 Å². The SMILES string of the molecule is CCCCCCCCC(CCCCCC)Cc1sc(-c2nc3c(Br)c4nsnc4c(-c4ccc(C=O)s4)c3nc2-c2cc(Cl)c(CC(CCCCCC)CCCCCCCC)s2)cc1Cl. The van der Waals surface area contributed by atoms with E-state index in [0.717, 1.165) is 87.3 Å². The van der Waals surface area contributed by atoms with Gasteiger partial charge in [0.05, 0.1) is 40.9 Å². The second-order valence-electron chi connectivity index (χ2n) is 18.3. The highest BCUT2D eigenvalue weighted by Gasteiger charge is 2.27. The molecule has 0 bridgehead atoms. The van der Waals surface area contributed by atoms with Crippen LogP contribution in [0, 0.1) is 11.8 Å². The van der Waals surface area contributed by atoms with Crippen LogP contribution >= 0.6 is 84.9 Å². The molecule has 2 atom stereocenters. The van der Waals surface area contributed by atoms with Gasteiger partial charge < -0.3 is 0 Å². The van der Waals surface area contributed by atoms with E-state index in [1.807, 2.05) is 12.1 Å². The number of hydrogen-bond donors (Lipinski definition) is 0. The number of unbranched alkanes of at least 4 members (excludes halogenated alkanes) is 16. The lowest BCUT2D eigenvalue weighted by atomic mass is 9.91. The van der Waals surface area contributed by atoms with Crippen LogP contribution < -0.4 is 0 Å². The molecule has 0 amide bonds. The first-order valence-electron chi connectivity index (χ1n) is 25.1. The molecule has 0 aliphatic carbocycles. The van der Waals surface area contributed by atoms with Gasteiger partial charge in [0.15, 0.2) is 6.29 Å². The van der Waals surface area contributed by atoms with Crippen LogP contribution in [0.25, 0.3) is 53.6 Å². The van der Waals surface area contributed by atoms with E-state index in [0.29, 0.717) is 16.7 Å². The Balaban J connectivity index is 1.41. The van der Waals surface area contributed by atoms with Gasteiger partial charge in [-0.2, -0.15) is 8.75 Å². The van der Waals surface area contributed by atoms with Crippen LogP contribution in [0.1, 0.15) is 201 Å². The Morgan fingerprint density at radius 3 is 1.43 bits per heavy atom. The Bertz CT molecular complexity index is 2370. The minimum absolute atomic E-state index is 0.605. The van der Waals surface area contributed by atoms with Crippen LogP contribution in [-0.4, -0.2) is 25.0 Å². The second-order valence-corrected chi connectivity index (χ2v) is 23.8. The van der Waals surface area contributed by atoms with Gasteiger partial charge in [-0.15, -0.1) is 34.0 Å². The Morgan fingerprint density at radius 1 is 0.538 bits per heavy atom. The average molecular weight is 1060 g/mol. The molecule has 0 N–H and O–H groups in total. The molecular formula is C53H71BrCl2N4OS4. The van der Waals surface area contributed by atoms with Crippen molar-refractivity contribution in [1.82, 2.24) is 18.7 Å².